The number of unbranched alkanes of at least 4 members (excludes halogenated alkanes) is 1. The molecule has 0 aliphatic heterocycles. The lowest BCUT2D eigenvalue weighted by atomic mass is 10.3. The fourth-order valence-electron chi connectivity index (χ4n) is 2.02. The van der Waals surface area contributed by atoms with E-state index in [0.717, 1.165) is 25.7 Å². The second-order valence-electron chi connectivity index (χ2n) is 4.14. The largest absolute Gasteiger partial charge is 0.212 e. The first kappa shape index (κ1) is 14.6. The van der Waals surface area contributed by atoms with E-state index in [-0.39, 0.29) is 11.8 Å². The van der Waals surface area contributed by atoms with E-state index < -0.39 is 10.0 Å². The molecule has 16 heavy (non-hydrogen) atoms. The topological polar surface area (TPSA) is 46.2 Å². The molecule has 1 aliphatic carbocycles. The van der Waals surface area contributed by atoms with Gasteiger partial charge in [0.25, 0.3) is 0 Å². The third-order valence-corrected chi connectivity index (χ3v) is 5.81. The maximum atomic E-state index is 11.8. The van der Waals surface area contributed by atoms with Crippen LogP contribution in [0.1, 0.15) is 32.1 Å². The Morgan fingerprint density at radius 2 is 2.12 bits per heavy atom. The fraction of sp³-hybridized carbons (Fsp3) is 1.00. The molecule has 6 heteroatoms. The zero-order valence-corrected chi connectivity index (χ0v) is 12.0. The molecule has 0 saturated heterocycles. The number of sulfonamides is 1. The van der Waals surface area contributed by atoms with Crippen LogP contribution in [0.15, 0.2) is 0 Å². The predicted octanol–water partition coefficient (Wildman–Crippen LogP) is 2.21. The van der Waals surface area contributed by atoms with Gasteiger partial charge in [-0.2, -0.15) is 11.8 Å². The van der Waals surface area contributed by atoms with Crippen LogP contribution in [0, 0.1) is 0 Å². The highest BCUT2D eigenvalue weighted by atomic mass is 35.5. The maximum Gasteiger partial charge on any atom is 0.211 e. The van der Waals surface area contributed by atoms with Crippen molar-refractivity contribution in [3.8, 4) is 0 Å². The Hall–Kier alpha value is 0.550. The highest BCUT2D eigenvalue weighted by Gasteiger charge is 2.29. The highest BCUT2D eigenvalue weighted by Crippen LogP contribution is 2.28. The molecule has 0 heterocycles. The number of hydrogen-bond donors (Lipinski definition) is 1. The van der Waals surface area contributed by atoms with Crippen molar-refractivity contribution in [2.24, 2.45) is 0 Å². The number of rotatable bonds is 7. The number of halogens is 1. The van der Waals surface area contributed by atoms with Gasteiger partial charge in [-0.05, 0) is 31.9 Å². The highest BCUT2D eigenvalue weighted by molar-refractivity contribution is 7.99. The molecule has 1 saturated carbocycles. The molecular formula is C10H20ClNO2S2. The monoisotopic (exact) mass is 285 g/mol. The van der Waals surface area contributed by atoms with E-state index >= 15 is 0 Å². The van der Waals surface area contributed by atoms with Crippen molar-refractivity contribution in [3.63, 3.8) is 0 Å². The van der Waals surface area contributed by atoms with E-state index in [1.54, 1.807) is 11.8 Å². The minimum atomic E-state index is -3.10. The Balaban J connectivity index is 2.39. The Morgan fingerprint density at radius 3 is 2.75 bits per heavy atom. The van der Waals surface area contributed by atoms with Crippen molar-refractivity contribution in [1.82, 2.24) is 4.72 Å². The third kappa shape index (κ3) is 4.82. The summed E-state index contributed by atoms with van der Waals surface area (Å²) in [6.45, 7) is 0. The molecule has 2 unspecified atom stereocenters. The van der Waals surface area contributed by atoms with Gasteiger partial charge in [0.15, 0.2) is 0 Å². The summed E-state index contributed by atoms with van der Waals surface area (Å²) < 4.78 is 26.3. The summed E-state index contributed by atoms with van der Waals surface area (Å²) in [5.41, 5.74) is 0. The van der Waals surface area contributed by atoms with Crippen LogP contribution in [-0.2, 0) is 10.0 Å². The van der Waals surface area contributed by atoms with Gasteiger partial charge in [-0.25, -0.2) is 13.1 Å². The minimum Gasteiger partial charge on any atom is -0.212 e. The van der Waals surface area contributed by atoms with Crippen LogP contribution in [0.2, 0.25) is 0 Å². The second-order valence-corrected chi connectivity index (χ2v) is 7.47. The molecule has 1 N–H and O–H groups in total. The first-order valence-corrected chi connectivity index (χ1v) is 9.15. The van der Waals surface area contributed by atoms with Gasteiger partial charge in [-0.15, -0.1) is 11.6 Å². The van der Waals surface area contributed by atoms with Crippen molar-refractivity contribution in [3.05, 3.63) is 0 Å². The molecule has 2 atom stereocenters. The van der Waals surface area contributed by atoms with Crippen LogP contribution < -0.4 is 4.72 Å². The van der Waals surface area contributed by atoms with E-state index in [9.17, 15) is 8.42 Å². The summed E-state index contributed by atoms with van der Waals surface area (Å²) in [4.78, 5) is 0. The molecule has 0 radical (unpaired) electrons. The summed E-state index contributed by atoms with van der Waals surface area (Å²) in [6.07, 6.45) is 6.68. The average Bonchev–Trinajstić information content (AvgIpc) is 2.64. The molecule has 0 aromatic carbocycles. The zero-order valence-electron chi connectivity index (χ0n) is 9.62. The van der Waals surface area contributed by atoms with E-state index in [2.05, 4.69) is 4.72 Å². The lowest BCUT2D eigenvalue weighted by Gasteiger charge is -2.18. The standard InChI is InChI=1S/C10H20ClNO2S2/c1-15-10-6-4-5-9(10)12-16(13,14)8-3-2-7-11/h9-10,12H,2-8H2,1H3. The van der Waals surface area contributed by atoms with Gasteiger partial charge in [0.05, 0.1) is 5.75 Å². The molecule has 96 valence electrons. The van der Waals surface area contributed by atoms with E-state index in [4.69, 9.17) is 11.6 Å². The van der Waals surface area contributed by atoms with Gasteiger partial charge in [0.2, 0.25) is 10.0 Å². The summed E-state index contributed by atoms with van der Waals surface area (Å²) in [5, 5.41) is 0.447. The molecule has 1 aliphatic rings. The summed E-state index contributed by atoms with van der Waals surface area (Å²) in [5.74, 6) is 0.740. The lowest BCUT2D eigenvalue weighted by Crippen LogP contribution is -2.39. The quantitative estimate of drug-likeness (QED) is 0.576. The van der Waals surface area contributed by atoms with E-state index in [0.29, 0.717) is 17.6 Å². The van der Waals surface area contributed by atoms with Gasteiger partial charge >= 0.3 is 0 Å². The van der Waals surface area contributed by atoms with Crippen LogP contribution in [0.25, 0.3) is 0 Å². The predicted molar refractivity (Wildman–Crippen MR) is 71.8 cm³/mol. The smallest absolute Gasteiger partial charge is 0.211 e. The molecule has 3 nitrogen and oxygen atoms in total. The Morgan fingerprint density at radius 1 is 1.38 bits per heavy atom. The molecule has 0 aromatic heterocycles. The normalized spacial score (nSPS) is 26.1. The first-order valence-electron chi connectivity index (χ1n) is 5.68. The molecule has 0 spiro atoms. The average molecular weight is 286 g/mol. The van der Waals surface area contributed by atoms with Gasteiger partial charge in [-0.1, -0.05) is 6.42 Å². The summed E-state index contributed by atoms with van der Waals surface area (Å²) in [6, 6.07) is 0.135. The molecule has 1 fully saturated rings. The van der Waals surface area contributed by atoms with Crippen LogP contribution in [0.4, 0.5) is 0 Å². The zero-order chi connectivity index (χ0) is 12.0. The Kier molecular flexibility index (Phi) is 6.47. The molecule has 0 amide bonds. The van der Waals surface area contributed by atoms with Crippen LogP contribution in [-0.4, -0.2) is 37.6 Å². The van der Waals surface area contributed by atoms with Crippen LogP contribution >= 0.6 is 23.4 Å². The van der Waals surface area contributed by atoms with Crippen molar-refractivity contribution >= 4 is 33.4 Å². The number of alkyl halides is 1. The maximum absolute atomic E-state index is 11.8. The SMILES string of the molecule is CSC1CCCC1NS(=O)(=O)CCCCCl. The van der Waals surface area contributed by atoms with Crippen LogP contribution in [0.5, 0.6) is 0 Å². The molecule has 1 rings (SSSR count). The minimum absolute atomic E-state index is 0.135. The first-order chi connectivity index (χ1) is 7.59. The van der Waals surface area contributed by atoms with E-state index in [1.807, 2.05) is 6.26 Å². The van der Waals surface area contributed by atoms with E-state index in [1.165, 1.54) is 0 Å². The summed E-state index contributed by atoms with van der Waals surface area (Å²) in [7, 11) is -3.10. The third-order valence-electron chi connectivity index (χ3n) is 2.88. The van der Waals surface area contributed by atoms with Crippen molar-refractivity contribution in [2.75, 3.05) is 17.9 Å². The van der Waals surface area contributed by atoms with Gasteiger partial charge in [0.1, 0.15) is 0 Å². The summed E-state index contributed by atoms with van der Waals surface area (Å²) >= 11 is 7.29. The van der Waals surface area contributed by atoms with Gasteiger partial charge in [0, 0.05) is 17.2 Å². The molecule has 0 bridgehead atoms. The van der Waals surface area contributed by atoms with Crippen molar-refractivity contribution < 1.29 is 8.42 Å². The second kappa shape index (κ2) is 7.09. The van der Waals surface area contributed by atoms with Crippen LogP contribution in [0.3, 0.4) is 0 Å². The Bertz CT molecular complexity index is 295. The molecular weight excluding hydrogens is 266 g/mol. The van der Waals surface area contributed by atoms with Crippen molar-refractivity contribution in [2.45, 2.75) is 43.4 Å². The van der Waals surface area contributed by atoms with Gasteiger partial charge < -0.3 is 0 Å². The van der Waals surface area contributed by atoms with Crippen molar-refractivity contribution in [1.29, 1.82) is 0 Å². The number of hydrogen-bond acceptors (Lipinski definition) is 3. The lowest BCUT2D eigenvalue weighted by molar-refractivity contribution is 0.552. The Labute approximate surface area is 108 Å². The number of thioether (sulfide) groups is 1. The molecule has 0 aromatic rings. The number of nitrogens with one attached hydrogen (secondary N) is 1. The van der Waals surface area contributed by atoms with Gasteiger partial charge in [-0.3, -0.25) is 0 Å². The fourth-order valence-corrected chi connectivity index (χ4v) is 4.67.